The van der Waals surface area contributed by atoms with Crippen LogP contribution in [0, 0.1) is 12.7 Å². The summed E-state index contributed by atoms with van der Waals surface area (Å²) < 4.78 is 13.1. The van der Waals surface area contributed by atoms with Crippen LogP contribution in [0.5, 0.6) is 0 Å². The van der Waals surface area contributed by atoms with Crippen molar-refractivity contribution >= 4 is 17.0 Å². The molecule has 0 aliphatic rings. The van der Waals surface area contributed by atoms with Crippen LogP contribution in [0.4, 0.5) is 10.2 Å². The lowest BCUT2D eigenvalue weighted by molar-refractivity contribution is 0.628. The molecule has 0 atom stereocenters. The van der Waals surface area contributed by atoms with Crippen molar-refractivity contribution in [3.8, 4) is 11.3 Å². The quantitative estimate of drug-likeness (QED) is 0.613. The van der Waals surface area contributed by atoms with Crippen molar-refractivity contribution in [3.05, 3.63) is 71.7 Å². The number of halogens is 1. The molecule has 0 unspecified atom stereocenters. The van der Waals surface area contributed by atoms with E-state index >= 15 is 0 Å². The Labute approximate surface area is 149 Å². The third kappa shape index (κ3) is 3.19. The van der Waals surface area contributed by atoms with Crippen LogP contribution in [-0.2, 0) is 6.42 Å². The number of rotatable bonds is 3. The maximum atomic E-state index is 13.1. The second-order valence-electron chi connectivity index (χ2n) is 5.94. The normalized spacial score (nSPS) is 11.0. The third-order valence-corrected chi connectivity index (χ3v) is 3.96. The zero-order chi connectivity index (χ0) is 18.1. The molecule has 6 nitrogen and oxygen atoms in total. The monoisotopic (exact) mass is 346 g/mol. The predicted octanol–water partition coefficient (Wildman–Crippen LogP) is 3.10. The van der Waals surface area contributed by atoms with E-state index in [0.29, 0.717) is 29.1 Å². The van der Waals surface area contributed by atoms with Crippen molar-refractivity contribution in [2.75, 3.05) is 5.73 Å². The van der Waals surface area contributed by atoms with Crippen LogP contribution in [0.2, 0.25) is 0 Å². The zero-order valence-electron chi connectivity index (χ0n) is 14.0. The third-order valence-electron chi connectivity index (χ3n) is 3.96. The van der Waals surface area contributed by atoms with Gasteiger partial charge in [-0.05, 0) is 42.8 Å². The first-order chi connectivity index (χ1) is 12.6. The summed E-state index contributed by atoms with van der Waals surface area (Å²) in [7, 11) is 0. The molecule has 0 amide bonds. The summed E-state index contributed by atoms with van der Waals surface area (Å²) in [5.74, 6) is 0.520. The van der Waals surface area contributed by atoms with Crippen molar-refractivity contribution in [1.82, 2.24) is 24.9 Å². The molecule has 0 fully saturated rings. The molecule has 26 heavy (non-hydrogen) atoms. The average Bonchev–Trinajstić information content (AvgIpc) is 2.64. The fourth-order valence-electron chi connectivity index (χ4n) is 2.60. The van der Waals surface area contributed by atoms with Gasteiger partial charge in [0.05, 0.1) is 11.9 Å². The number of nitrogens with two attached hydrogens (primary N) is 1. The van der Waals surface area contributed by atoms with E-state index in [4.69, 9.17) is 5.73 Å². The Hall–Kier alpha value is -3.48. The van der Waals surface area contributed by atoms with Gasteiger partial charge in [-0.2, -0.15) is 0 Å². The fraction of sp³-hybridized carbons (Fsp3) is 0.105. The number of anilines is 1. The molecule has 4 aromatic rings. The van der Waals surface area contributed by atoms with Crippen LogP contribution >= 0.6 is 0 Å². The molecule has 0 saturated heterocycles. The standard InChI is InChI=1S/C19H15FN6/c1-11-2-3-12(9-22-11)8-16-25-18(21)17-19(26-16)23-10-15(24-17)13-4-6-14(20)7-5-13/h2-7,9-10H,8H2,1H3,(H2,21,23,25,26). The largest absolute Gasteiger partial charge is 0.382 e. The maximum absolute atomic E-state index is 13.1. The highest BCUT2D eigenvalue weighted by atomic mass is 19.1. The van der Waals surface area contributed by atoms with Gasteiger partial charge in [-0.1, -0.05) is 6.07 Å². The number of pyridine rings is 1. The van der Waals surface area contributed by atoms with Crippen LogP contribution < -0.4 is 5.73 Å². The van der Waals surface area contributed by atoms with Crippen molar-refractivity contribution in [2.45, 2.75) is 13.3 Å². The molecule has 0 radical (unpaired) electrons. The van der Waals surface area contributed by atoms with Crippen LogP contribution in [0.25, 0.3) is 22.4 Å². The van der Waals surface area contributed by atoms with Crippen molar-refractivity contribution in [2.24, 2.45) is 0 Å². The van der Waals surface area contributed by atoms with E-state index in [2.05, 4.69) is 24.9 Å². The molecule has 0 aliphatic heterocycles. The maximum Gasteiger partial charge on any atom is 0.183 e. The average molecular weight is 346 g/mol. The summed E-state index contributed by atoms with van der Waals surface area (Å²) in [6.45, 7) is 1.93. The molecule has 1 aromatic carbocycles. The highest BCUT2D eigenvalue weighted by Crippen LogP contribution is 2.21. The van der Waals surface area contributed by atoms with Gasteiger partial charge in [0.1, 0.15) is 11.6 Å². The van der Waals surface area contributed by atoms with E-state index in [9.17, 15) is 4.39 Å². The van der Waals surface area contributed by atoms with Crippen LogP contribution in [0.3, 0.4) is 0 Å². The summed E-state index contributed by atoms with van der Waals surface area (Å²) in [4.78, 5) is 21.9. The second-order valence-corrected chi connectivity index (χ2v) is 5.94. The summed E-state index contributed by atoms with van der Waals surface area (Å²) in [6, 6.07) is 9.95. The van der Waals surface area contributed by atoms with Gasteiger partial charge in [0.15, 0.2) is 17.0 Å². The highest BCUT2D eigenvalue weighted by molar-refractivity contribution is 5.82. The Morgan fingerprint density at radius 1 is 0.923 bits per heavy atom. The van der Waals surface area contributed by atoms with Crippen molar-refractivity contribution in [1.29, 1.82) is 0 Å². The topological polar surface area (TPSA) is 90.5 Å². The summed E-state index contributed by atoms with van der Waals surface area (Å²) in [5, 5.41) is 0. The van der Waals surface area contributed by atoms with E-state index < -0.39 is 0 Å². The lowest BCUT2D eigenvalue weighted by Gasteiger charge is -2.07. The number of aromatic nitrogens is 5. The molecular formula is C19H15FN6. The summed E-state index contributed by atoms with van der Waals surface area (Å²) in [5.41, 5.74) is 10.2. The van der Waals surface area contributed by atoms with Gasteiger partial charge in [0.2, 0.25) is 0 Å². The minimum absolute atomic E-state index is 0.265. The second kappa shape index (κ2) is 6.44. The Bertz CT molecular complexity index is 1080. The molecule has 0 spiro atoms. The number of hydrogen-bond acceptors (Lipinski definition) is 6. The lowest BCUT2D eigenvalue weighted by Crippen LogP contribution is -2.05. The molecule has 0 aliphatic carbocycles. The first-order valence-electron chi connectivity index (χ1n) is 8.05. The Morgan fingerprint density at radius 3 is 2.46 bits per heavy atom. The van der Waals surface area contributed by atoms with Crippen molar-refractivity contribution < 1.29 is 4.39 Å². The molecular weight excluding hydrogens is 331 g/mol. The smallest absolute Gasteiger partial charge is 0.183 e. The molecule has 128 valence electrons. The molecule has 4 rings (SSSR count). The number of nitrogens with zero attached hydrogens (tertiary/aromatic N) is 5. The number of hydrogen-bond donors (Lipinski definition) is 1. The van der Waals surface area contributed by atoms with Crippen molar-refractivity contribution in [3.63, 3.8) is 0 Å². The van der Waals surface area contributed by atoms with Gasteiger partial charge in [0, 0.05) is 23.9 Å². The van der Waals surface area contributed by atoms with Crippen LogP contribution in [0.1, 0.15) is 17.1 Å². The van der Waals surface area contributed by atoms with Gasteiger partial charge in [-0.3, -0.25) is 4.98 Å². The van der Waals surface area contributed by atoms with E-state index in [0.717, 1.165) is 16.8 Å². The van der Waals surface area contributed by atoms with Gasteiger partial charge in [0.25, 0.3) is 0 Å². The molecule has 0 bridgehead atoms. The van der Waals surface area contributed by atoms with E-state index in [1.54, 1.807) is 24.5 Å². The fourth-order valence-corrected chi connectivity index (χ4v) is 2.60. The Balaban J connectivity index is 1.70. The minimum atomic E-state index is -0.305. The molecule has 3 heterocycles. The van der Waals surface area contributed by atoms with Crippen LogP contribution in [-0.4, -0.2) is 24.9 Å². The predicted molar refractivity (Wildman–Crippen MR) is 96.7 cm³/mol. The first kappa shape index (κ1) is 16.0. The number of aryl methyl sites for hydroxylation is 1. The van der Waals surface area contributed by atoms with Crippen LogP contribution in [0.15, 0.2) is 48.8 Å². The Kier molecular flexibility index (Phi) is 3.96. The number of nitrogen functional groups attached to an aromatic ring is 1. The number of fused-ring (bicyclic) bond motifs is 1. The van der Waals surface area contributed by atoms with Gasteiger partial charge in [-0.25, -0.2) is 24.3 Å². The summed E-state index contributed by atoms with van der Waals surface area (Å²) >= 11 is 0. The van der Waals surface area contributed by atoms with E-state index in [-0.39, 0.29) is 11.6 Å². The molecule has 7 heteroatoms. The molecule has 3 aromatic heterocycles. The van der Waals surface area contributed by atoms with E-state index in [1.807, 2.05) is 19.1 Å². The molecule has 2 N–H and O–H groups in total. The number of benzene rings is 1. The zero-order valence-corrected chi connectivity index (χ0v) is 14.0. The van der Waals surface area contributed by atoms with E-state index in [1.165, 1.54) is 12.1 Å². The molecule has 0 saturated carbocycles. The highest BCUT2D eigenvalue weighted by Gasteiger charge is 2.11. The van der Waals surface area contributed by atoms with Gasteiger partial charge < -0.3 is 5.73 Å². The lowest BCUT2D eigenvalue weighted by atomic mass is 10.1. The van der Waals surface area contributed by atoms with Gasteiger partial charge in [-0.15, -0.1) is 0 Å². The first-order valence-corrected chi connectivity index (χ1v) is 8.05. The Morgan fingerprint density at radius 2 is 1.73 bits per heavy atom. The minimum Gasteiger partial charge on any atom is -0.382 e. The SMILES string of the molecule is Cc1ccc(Cc2nc(N)c3nc(-c4ccc(F)cc4)cnc3n2)cn1. The summed E-state index contributed by atoms with van der Waals surface area (Å²) in [6.07, 6.45) is 3.90. The van der Waals surface area contributed by atoms with Gasteiger partial charge >= 0.3 is 0 Å².